The lowest BCUT2D eigenvalue weighted by Crippen LogP contribution is -2.58. The molecule has 1 aromatic carbocycles. The van der Waals surface area contributed by atoms with Gasteiger partial charge < -0.3 is 16.6 Å². The number of guanidine groups is 2. The first-order valence-electron chi connectivity index (χ1n) is 8.78. The second kappa shape index (κ2) is 6.78. The van der Waals surface area contributed by atoms with Crippen molar-refractivity contribution in [1.82, 2.24) is 0 Å². The van der Waals surface area contributed by atoms with Gasteiger partial charge in [0.25, 0.3) is 5.60 Å². The minimum Gasteiger partial charge on any atom is -0.369 e. The molecule has 1 aliphatic heterocycles. The topological polar surface area (TPSA) is 100 Å². The van der Waals surface area contributed by atoms with E-state index in [0.29, 0.717) is 25.0 Å². The van der Waals surface area contributed by atoms with Crippen LogP contribution in [0.1, 0.15) is 37.7 Å². The highest BCUT2D eigenvalue weighted by atomic mass is 19.4. The average Bonchev–Trinajstić information content (AvgIpc) is 2.59. The number of benzene rings is 1. The molecule has 29 heavy (non-hydrogen) atoms. The van der Waals surface area contributed by atoms with Crippen LogP contribution in [0.15, 0.2) is 34.3 Å². The van der Waals surface area contributed by atoms with E-state index in [4.69, 9.17) is 11.5 Å². The number of rotatable bonds is 2. The third-order valence-electron chi connectivity index (χ3n) is 5.22. The Labute approximate surface area is 161 Å². The second-order valence-corrected chi connectivity index (χ2v) is 7.07. The highest BCUT2D eigenvalue weighted by Crippen LogP contribution is 2.50. The quantitative estimate of drug-likeness (QED) is 0.637. The van der Waals surface area contributed by atoms with Crippen LogP contribution in [-0.4, -0.2) is 35.0 Å². The van der Waals surface area contributed by atoms with Gasteiger partial charge in [0.05, 0.1) is 0 Å². The van der Waals surface area contributed by atoms with E-state index in [0.717, 1.165) is 31.4 Å². The number of nitrogens with zero attached hydrogens (tertiary/aromatic N) is 3. The predicted molar refractivity (Wildman–Crippen MR) is 94.0 cm³/mol. The Hall–Kier alpha value is -2.50. The summed E-state index contributed by atoms with van der Waals surface area (Å²) in [5.41, 5.74) is 4.64. The summed E-state index contributed by atoms with van der Waals surface area (Å²) in [6.07, 6.45) is -8.29. The van der Waals surface area contributed by atoms with Crippen molar-refractivity contribution in [2.75, 3.05) is 4.90 Å². The van der Waals surface area contributed by atoms with Crippen LogP contribution in [0.4, 0.5) is 32.0 Å². The van der Waals surface area contributed by atoms with Gasteiger partial charge in [-0.05, 0) is 37.8 Å². The fourth-order valence-electron chi connectivity index (χ4n) is 3.83. The zero-order valence-corrected chi connectivity index (χ0v) is 15.1. The van der Waals surface area contributed by atoms with E-state index in [-0.39, 0.29) is 17.6 Å². The number of aliphatic hydroxyl groups is 1. The molecule has 1 fully saturated rings. The van der Waals surface area contributed by atoms with Crippen molar-refractivity contribution in [2.45, 2.75) is 55.7 Å². The standard InChI is InChI=1S/C17H19F6N5O/c18-16(19,20)15(29,17(21,22)23)10-4-6-11(7-5-10)28-13(25)26-12(24)27-14(28)8-2-1-3-9-14/h4-7,29H,1-3,8-9H2,(H4,24,25,26,27). The van der Waals surface area contributed by atoms with Gasteiger partial charge in [0.1, 0.15) is 5.66 Å². The molecule has 5 N–H and O–H groups in total. The summed E-state index contributed by atoms with van der Waals surface area (Å²) in [7, 11) is 0. The number of hydrogen-bond acceptors (Lipinski definition) is 6. The first kappa shape index (κ1) is 21.2. The smallest absolute Gasteiger partial charge is 0.369 e. The molecule has 0 radical (unpaired) electrons. The third-order valence-corrected chi connectivity index (χ3v) is 5.22. The van der Waals surface area contributed by atoms with Crippen LogP contribution in [0.25, 0.3) is 0 Å². The van der Waals surface area contributed by atoms with E-state index >= 15 is 0 Å². The third kappa shape index (κ3) is 3.38. The van der Waals surface area contributed by atoms with Crippen molar-refractivity contribution in [3.05, 3.63) is 29.8 Å². The number of anilines is 1. The van der Waals surface area contributed by atoms with Gasteiger partial charge in [-0.2, -0.15) is 31.3 Å². The summed E-state index contributed by atoms with van der Waals surface area (Å²) in [6.45, 7) is 0. The first-order valence-corrected chi connectivity index (χ1v) is 8.78. The molecule has 0 unspecified atom stereocenters. The summed E-state index contributed by atoms with van der Waals surface area (Å²) < 4.78 is 78.5. The van der Waals surface area contributed by atoms with Crippen LogP contribution in [0.5, 0.6) is 0 Å². The van der Waals surface area contributed by atoms with Gasteiger partial charge in [-0.15, -0.1) is 0 Å². The highest BCUT2D eigenvalue weighted by molar-refractivity contribution is 6.05. The van der Waals surface area contributed by atoms with Gasteiger partial charge in [-0.3, -0.25) is 4.90 Å². The van der Waals surface area contributed by atoms with Crippen molar-refractivity contribution in [1.29, 1.82) is 0 Å². The molecule has 1 saturated carbocycles. The van der Waals surface area contributed by atoms with Gasteiger partial charge in [0, 0.05) is 11.3 Å². The van der Waals surface area contributed by atoms with Crippen LogP contribution in [0, 0.1) is 0 Å². The molecule has 2 aliphatic rings. The lowest BCUT2D eigenvalue weighted by molar-refractivity contribution is -0.376. The normalized spacial score (nSPS) is 20.4. The van der Waals surface area contributed by atoms with Crippen LogP contribution in [0.2, 0.25) is 0 Å². The molecule has 1 aliphatic carbocycles. The molecule has 12 heteroatoms. The summed E-state index contributed by atoms with van der Waals surface area (Å²) >= 11 is 0. The molecule has 0 saturated heterocycles. The van der Waals surface area contributed by atoms with Crippen molar-refractivity contribution >= 4 is 17.6 Å². The number of hydrogen-bond donors (Lipinski definition) is 3. The maximum absolute atomic E-state index is 13.1. The molecule has 0 atom stereocenters. The average molecular weight is 423 g/mol. The van der Waals surface area contributed by atoms with Gasteiger partial charge in [0.15, 0.2) is 0 Å². The summed E-state index contributed by atoms with van der Waals surface area (Å²) in [6, 6.07) is 3.19. The van der Waals surface area contributed by atoms with E-state index in [9.17, 15) is 31.4 Å². The molecule has 3 rings (SSSR count). The van der Waals surface area contributed by atoms with Crippen LogP contribution in [-0.2, 0) is 5.60 Å². The molecule has 1 spiro atoms. The van der Waals surface area contributed by atoms with Crippen LogP contribution in [0.3, 0.4) is 0 Å². The molecule has 1 heterocycles. The minimum absolute atomic E-state index is 0.0409. The summed E-state index contributed by atoms with van der Waals surface area (Å²) in [4.78, 5) is 9.72. The van der Waals surface area contributed by atoms with Gasteiger partial charge in [0.2, 0.25) is 11.9 Å². The Morgan fingerprint density at radius 1 is 0.897 bits per heavy atom. The Morgan fingerprint density at radius 3 is 1.90 bits per heavy atom. The maximum Gasteiger partial charge on any atom is 0.430 e. The highest BCUT2D eigenvalue weighted by Gasteiger charge is 2.71. The SMILES string of the molecule is NC1=NC2(CCCCC2)N(c2ccc(C(O)(C(F)(F)F)C(F)(F)F)cc2)C(N)=N1. The molecule has 1 aromatic rings. The number of halogens is 6. The van der Waals surface area contributed by atoms with Crippen LogP contribution >= 0.6 is 0 Å². The number of nitrogens with two attached hydrogens (primary N) is 2. The molecule has 0 amide bonds. The lowest BCUT2D eigenvalue weighted by atomic mass is 9.87. The largest absolute Gasteiger partial charge is 0.430 e. The van der Waals surface area contributed by atoms with E-state index in [1.54, 1.807) is 0 Å². The van der Waals surface area contributed by atoms with Crippen molar-refractivity contribution in [3.63, 3.8) is 0 Å². The lowest BCUT2D eigenvalue weighted by Gasteiger charge is -2.45. The van der Waals surface area contributed by atoms with E-state index in [2.05, 4.69) is 9.98 Å². The van der Waals surface area contributed by atoms with E-state index in [1.165, 1.54) is 4.90 Å². The monoisotopic (exact) mass is 423 g/mol. The van der Waals surface area contributed by atoms with Gasteiger partial charge >= 0.3 is 12.4 Å². The molecular weight excluding hydrogens is 404 g/mol. The fourth-order valence-corrected chi connectivity index (χ4v) is 3.83. The maximum atomic E-state index is 13.1. The number of aliphatic imine (C=N–C) groups is 2. The summed E-state index contributed by atoms with van der Waals surface area (Å²) in [5.74, 6) is -0.102. The van der Waals surface area contributed by atoms with Crippen LogP contribution < -0.4 is 16.4 Å². The molecular formula is C17H19F6N5O. The number of alkyl halides is 6. The van der Waals surface area contributed by atoms with Crippen molar-refractivity contribution in [3.8, 4) is 0 Å². The first-order chi connectivity index (χ1) is 13.3. The molecule has 0 bridgehead atoms. The predicted octanol–water partition coefficient (Wildman–Crippen LogP) is 3.11. The Balaban J connectivity index is 2.04. The zero-order chi connectivity index (χ0) is 21.7. The fraction of sp³-hybridized carbons (Fsp3) is 0.529. The second-order valence-electron chi connectivity index (χ2n) is 7.07. The van der Waals surface area contributed by atoms with Crippen molar-refractivity contribution in [2.24, 2.45) is 21.5 Å². The molecule has 0 aromatic heterocycles. The minimum atomic E-state index is -5.96. The molecule has 6 nitrogen and oxygen atoms in total. The Bertz CT molecular complexity index is 810. The van der Waals surface area contributed by atoms with Gasteiger partial charge in [-0.1, -0.05) is 18.6 Å². The van der Waals surface area contributed by atoms with E-state index < -0.39 is 29.2 Å². The van der Waals surface area contributed by atoms with Crippen molar-refractivity contribution < 1.29 is 31.4 Å². The zero-order valence-electron chi connectivity index (χ0n) is 15.1. The molecule has 160 valence electrons. The Morgan fingerprint density at radius 2 is 1.41 bits per heavy atom. The Kier molecular flexibility index (Phi) is 4.96. The summed E-state index contributed by atoms with van der Waals surface area (Å²) in [5, 5.41) is 9.54. The van der Waals surface area contributed by atoms with Gasteiger partial charge in [-0.25, -0.2) is 4.99 Å². The van der Waals surface area contributed by atoms with E-state index in [1.807, 2.05) is 0 Å².